The highest BCUT2D eigenvalue weighted by Gasteiger charge is 2.51. The molecule has 8 rings (SSSR count). The maximum absolute atomic E-state index is 11.4. The molecule has 0 aliphatic carbocycles. The van der Waals surface area contributed by atoms with E-state index >= 15 is 0 Å². The van der Waals surface area contributed by atoms with E-state index in [1.165, 1.54) is 50.5 Å². The molecule has 2 aliphatic rings. The molecule has 0 amide bonds. The first-order chi connectivity index (χ1) is 29.1. The molecular weight excluding hydrogens is 721 g/mol. The third kappa shape index (κ3) is 8.27. The summed E-state index contributed by atoms with van der Waals surface area (Å²) in [5, 5.41) is 0. The number of benzene rings is 6. The molecule has 0 radical (unpaired) electrons. The molecule has 0 bridgehead atoms. The average molecular weight is 774 g/mol. The summed E-state index contributed by atoms with van der Waals surface area (Å²) in [7, 11) is 0. The summed E-state index contributed by atoms with van der Waals surface area (Å²) in [5.74, 6) is 0. The van der Waals surface area contributed by atoms with Crippen LogP contribution in [0.25, 0.3) is 0 Å². The van der Waals surface area contributed by atoms with Crippen LogP contribution in [0, 0.1) is 0 Å². The van der Waals surface area contributed by atoms with Crippen LogP contribution in [0.15, 0.2) is 206 Å². The van der Waals surface area contributed by atoms with Crippen LogP contribution in [0.2, 0.25) is 0 Å². The zero-order valence-electron chi connectivity index (χ0n) is 34.0. The molecule has 0 saturated heterocycles. The average Bonchev–Trinajstić information content (AvgIpc) is 3.67. The van der Waals surface area contributed by atoms with Crippen LogP contribution >= 0.6 is 0 Å². The first-order valence-electron chi connectivity index (χ1n) is 21.0. The minimum atomic E-state index is -0.366. The lowest BCUT2D eigenvalue weighted by molar-refractivity contribution is -0.437. The van der Waals surface area contributed by atoms with Crippen LogP contribution in [-0.2, 0) is 46.0 Å². The molecule has 6 aromatic rings. The van der Waals surface area contributed by atoms with Crippen molar-refractivity contribution in [1.29, 1.82) is 0 Å². The van der Waals surface area contributed by atoms with Gasteiger partial charge in [0.1, 0.15) is 13.2 Å². The lowest BCUT2D eigenvalue weighted by Crippen LogP contribution is -2.39. The van der Waals surface area contributed by atoms with E-state index < -0.39 is 0 Å². The van der Waals surface area contributed by atoms with Crippen LogP contribution in [0.5, 0.6) is 0 Å². The van der Waals surface area contributed by atoms with E-state index in [4.69, 9.17) is 4.74 Å². The molecule has 0 spiro atoms. The Morgan fingerprint density at radius 3 is 1.59 bits per heavy atom. The smallest absolute Gasteiger partial charge is 0.293 e. The SMILES string of the molecule is CCC[N+]1=C(/C=C/C=C/C=C2/N(CCOC=O)c3ccccc3C2(Cc2ccccc2)Cc2ccccc2)C(Cc2ccccc2)(Cc2ccccc2)c2ccccc21. The van der Waals surface area contributed by atoms with Crippen LogP contribution in [0.4, 0.5) is 11.4 Å². The number of carbonyl (C=O) groups is 1. The Morgan fingerprint density at radius 2 is 1.05 bits per heavy atom. The van der Waals surface area contributed by atoms with Crippen LogP contribution in [0.1, 0.15) is 46.7 Å². The highest BCUT2D eigenvalue weighted by Crippen LogP contribution is 2.52. The van der Waals surface area contributed by atoms with Crippen LogP contribution < -0.4 is 4.90 Å². The Hall–Kier alpha value is -6.52. The number of carbonyl (C=O) groups excluding carboxylic acids is 1. The number of rotatable bonds is 17. The summed E-state index contributed by atoms with van der Waals surface area (Å²) < 4.78 is 7.91. The molecular formula is C55H53N2O2+. The van der Waals surface area contributed by atoms with Gasteiger partial charge in [-0.25, -0.2) is 0 Å². The van der Waals surface area contributed by atoms with E-state index in [-0.39, 0.29) is 10.8 Å². The standard InChI is InChI=1S/C55H53N2O2/c1-2-36-56-50-32-20-18-30-48(50)54(39-44-22-8-3-9-23-44,40-45-24-10-4-11-25-45)52(56)34-16-7-17-35-53-55(41-46-26-12-5-13-27-46,42-47-28-14-6-15-29-47)49-31-19-21-33-51(49)57(53)37-38-59-43-58/h3-35,43H,2,36-42H2,1H3/q+1. The molecule has 4 heteroatoms. The van der Waals surface area contributed by atoms with Crippen molar-refractivity contribution in [3.8, 4) is 0 Å². The lowest BCUT2D eigenvalue weighted by Gasteiger charge is -2.34. The lowest BCUT2D eigenvalue weighted by atomic mass is 9.69. The van der Waals surface area contributed by atoms with Crippen LogP contribution in [0.3, 0.4) is 0 Å². The molecule has 6 aromatic carbocycles. The van der Waals surface area contributed by atoms with Gasteiger partial charge in [0.2, 0.25) is 5.69 Å². The van der Waals surface area contributed by atoms with E-state index in [1.54, 1.807) is 0 Å². The molecule has 0 saturated carbocycles. The fourth-order valence-corrected chi connectivity index (χ4v) is 9.68. The number of ether oxygens (including phenoxy) is 1. The van der Waals surface area contributed by atoms with E-state index in [2.05, 4.69) is 217 Å². The Kier molecular flexibility index (Phi) is 12.2. The van der Waals surface area contributed by atoms with Crippen molar-refractivity contribution in [2.75, 3.05) is 24.6 Å². The van der Waals surface area contributed by atoms with Crippen LogP contribution in [-0.4, -0.2) is 36.5 Å². The van der Waals surface area contributed by atoms with E-state index in [0.29, 0.717) is 19.6 Å². The molecule has 294 valence electrons. The Morgan fingerprint density at radius 1 is 0.559 bits per heavy atom. The minimum absolute atomic E-state index is 0.264. The second-order valence-electron chi connectivity index (χ2n) is 15.8. The summed E-state index contributed by atoms with van der Waals surface area (Å²) in [6, 6.07) is 61.4. The quantitative estimate of drug-likeness (QED) is 0.0400. The van der Waals surface area contributed by atoms with Gasteiger partial charge in [-0.2, -0.15) is 4.58 Å². The first-order valence-corrected chi connectivity index (χ1v) is 21.0. The number of hydrogen-bond acceptors (Lipinski definition) is 3. The molecule has 2 aliphatic heterocycles. The number of hydrogen-bond donors (Lipinski definition) is 0. The van der Waals surface area contributed by atoms with Gasteiger partial charge in [-0.15, -0.1) is 0 Å². The van der Waals surface area contributed by atoms with E-state index in [9.17, 15) is 4.79 Å². The van der Waals surface area contributed by atoms with Crippen molar-refractivity contribution in [2.45, 2.75) is 49.9 Å². The normalized spacial score (nSPS) is 15.9. The molecule has 2 heterocycles. The molecule has 0 N–H and O–H groups in total. The molecule has 0 atom stereocenters. The summed E-state index contributed by atoms with van der Waals surface area (Å²) >= 11 is 0. The fraction of sp³-hybridized carbons (Fsp3) is 0.200. The largest absolute Gasteiger partial charge is 0.466 e. The van der Waals surface area contributed by atoms with Gasteiger partial charge in [-0.05, 0) is 65.6 Å². The Labute approximate surface area is 350 Å². The monoisotopic (exact) mass is 773 g/mol. The third-order valence-corrected chi connectivity index (χ3v) is 12.1. The highest BCUT2D eigenvalue weighted by atomic mass is 16.5. The first kappa shape index (κ1) is 39.3. The highest BCUT2D eigenvalue weighted by molar-refractivity contribution is 6.04. The summed E-state index contributed by atoms with van der Waals surface area (Å²) in [6.07, 6.45) is 15.8. The third-order valence-electron chi connectivity index (χ3n) is 12.1. The molecule has 4 nitrogen and oxygen atoms in total. The predicted molar refractivity (Wildman–Crippen MR) is 243 cm³/mol. The van der Waals surface area contributed by atoms with Crippen molar-refractivity contribution in [3.05, 3.63) is 239 Å². The number of nitrogens with zero attached hydrogens (tertiary/aromatic N) is 2. The van der Waals surface area contributed by atoms with Crippen molar-refractivity contribution >= 4 is 23.6 Å². The van der Waals surface area contributed by atoms with Gasteiger partial charge in [0.25, 0.3) is 6.47 Å². The second-order valence-corrected chi connectivity index (χ2v) is 15.8. The van der Waals surface area contributed by atoms with Crippen molar-refractivity contribution in [2.24, 2.45) is 0 Å². The van der Waals surface area contributed by atoms with Gasteiger partial charge < -0.3 is 9.64 Å². The zero-order chi connectivity index (χ0) is 40.3. The Bertz CT molecular complexity index is 2370. The maximum atomic E-state index is 11.4. The fourth-order valence-electron chi connectivity index (χ4n) is 9.68. The number of fused-ring (bicyclic) bond motifs is 2. The number of allylic oxidation sites excluding steroid dienone is 6. The predicted octanol–water partition coefficient (Wildman–Crippen LogP) is 11.3. The molecule has 59 heavy (non-hydrogen) atoms. The molecule has 0 unspecified atom stereocenters. The van der Waals surface area contributed by atoms with Crippen molar-refractivity contribution in [1.82, 2.24) is 0 Å². The Balaban J connectivity index is 1.24. The number of para-hydroxylation sites is 2. The number of anilines is 1. The van der Waals surface area contributed by atoms with Crippen molar-refractivity contribution in [3.63, 3.8) is 0 Å². The van der Waals surface area contributed by atoms with Crippen molar-refractivity contribution < 1.29 is 14.1 Å². The van der Waals surface area contributed by atoms with Gasteiger partial charge in [0.05, 0.1) is 12.0 Å². The minimum Gasteiger partial charge on any atom is -0.466 e. The molecule has 0 aromatic heterocycles. The van der Waals surface area contributed by atoms with Gasteiger partial charge in [0, 0.05) is 40.9 Å². The van der Waals surface area contributed by atoms with Gasteiger partial charge in [-0.1, -0.05) is 183 Å². The van der Waals surface area contributed by atoms with E-state index in [1.807, 2.05) is 0 Å². The van der Waals surface area contributed by atoms with E-state index in [0.717, 1.165) is 44.3 Å². The summed E-state index contributed by atoms with van der Waals surface area (Å²) in [5.41, 5.74) is 12.2. The summed E-state index contributed by atoms with van der Waals surface area (Å²) in [6.45, 7) is 4.61. The molecule has 0 fully saturated rings. The van der Waals surface area contributed by atoms with Gasteiger partial charge in [0.15, 0.2) is 5.71 Å². The second kappa shape index (κ2) is 18.4. The topological polar surface area (TPSA) is 32.5 Å². The summed E-state index contributed by atoms with van der Waals surface area (Å²) in [4.78, 5) is 13.7. The maximum Gasteiger partial charge on any atom is 0.293 e. The van der Waals surface area contributed by atoms with Gasteiger partial charge >= 0.3 is 0 Å². The van der Waals surface area contributed by atoms with Gasteiger partial charge in [-0.3, -0.25) is 4.79 Å². The zero-order valence-corrected chi connectivity index (χ0v) is 34.0.